The number of carbonyl (C=O) groups is 2. The number of hydrogen-bond donors (Lipinski definition) is 2. The summed E-state index contributed by atoms with van der Waals surface area (Å²) < 4.78 is 0. The highest BCUT2D eigenvalue weighted by molar-refractivity contribution is 7.40. The number of phenolic OH excluding ortho intramolecular Hbond substituents is 2. The molecule has 2 N–H and O–H groups in total. The van der Waals surface area contributed by atoms with Crippen LogP contribution in [-0.4, -0.2) is 29.1 Å². The van der Waals surface area contributed by atoms with Crippen molar-refractivity contribution < 1.29 is 19.8 Å². The van der Waals surface area contributed by atoms with Crippen LogP contribution in [0.25, 0.3) is 0 Å². The molecular weight excluding hydrogens is 404 g/mol. The molecule has 4 aromatic carbocycles. The van der Waals surface area contributed by atoms with Crippen molar-refractivity contribution in [1.29, 1.82) is 0 Å². The third kappa shape index (κ3) is 3.67. The van der Waals surface area contributed by atoms with Crippen molar-refractivity contribution in [3.8, 4) is 11.5 Å². The van der Waals surface area contributed by atoms with Gasteiger partial charge in [-0.1, -0.05) is 60.7 Å². The van der Waals surface area contributed by atoms with Crippen molar-refractivity contribution in [1.82, 2.24) is 0 Å². The summed E-state index contributed by atoms with van der Waals surface area (Å²) in [4.78, 5) is 28.3. The predicted molar refractivity (Wildman–Crippen MR) is 123 cm³/mol. The van der Waals surface area contributed by atoms with Gasteiger partial charge >= 0.3 is 0 Å². The average Bonchev–Trinajstić information content (AvgIpc) is 2.82. The molecule has 0 aromatic heterocycles. The summed E-state index contributed by atoms with van der Waals surface area (Å²) in [6.07, 6.45) is 0. The molecule has 0 amide bonds. The lowest BCUT2D eigenvalue weighted by Crippen LogP contribution is -2.70. The van der Waals surface area contributed by atoms with E-state index in [4.69, 9.17) is 0 Å². The van der Waals surface area contributed by atoms with E-state index in [2.05, 4.69) is 0 Å². The highest BCUT2D eigenvalue weighted by Crippen LogP contribution is 2.22. The molecule has 0 fully saturated rings. The standard InChI is InChI=1S/C26H20O4Si/c27-21-15-11-19(12-16-21)25(29)31(23-7-3-1-4-8-23,24-9-5-2-6-10-24)26(30)20-13-17-22(28)18-14-20/h1-18,27-28H. The van der Waals surface area contributed by atoms with E-state index in [1.54, 1.807) is 24.3 Å². The Hall–Kier alpha value is -3.96. The number of rotatable bonds is 6. The van der Waals surface area contributed by atoms with E-state index in [1.807, 2.05) is 60.7 Å². The predicted octanol–water partition coefficient (Wildman–Crippen LogP) is 3.51. The van der Waals surface area contributed by atoms with Crippen molar-refractivity contribution in [2.24, 2.45) is 0 Å². The molecule has 0 aliphatic carbocycles. The first-order valence-corrected chi connectivity index (χ1v) is 11.8. The largest absolute Gasteiger partial charge is 0.508 e. The lowest BCUT2D eigenvalue weighted by Gasteiger charge is -2.30. The topological polar surface area (TPSA) is 74.6 Å². The highest BCUT2D eigenvalue weighted by atomic mass is 28.3. The van der Waals surface area contributed by atoms with Crippen molar-refractivity contribution in [2.75, 3.05) is 0 Å². The highest BCUT2D eigenvalue weighted by Gasteiger charge is 2.52. The van der Waals surface area contributed by atoms with Crippen LogP contribution in [0.5, 0.6) is 11.5 Å². The summed E-state index contributed by atoms with van der Waals surface area (Å²) in [5, 5.41) is 20.2. The molecule has 4 aromatic rings. The van der Waals surface area contributed by atoms with Crippen LogP contribution in [0, 0.1) is 0 Å². The van der Waals surface area contributed by atoms with Crippen LogP contribution in [0.1, 0.15) is 20.7 Å². The van der Waals surface area contributed by atoms with Crippen molar-refractivity contribution in [2.45, 2.75) is 0 Å². The van der Waals surface area contributed by atoms with Crippen LogP contribution in [0.2, 0.25) is 0 Å². The lowest BCUT2D eigenvalue weighted by molar-refractivity contribution is 0.103. The van der Waals surface area contributed by atoms with Gasteiger partial charge in [0.15, 0.2) is 10.8 Å². The third-order valence-corrected chi connectivity index (χ3v) is 9.69. The Bertz CT molecular complexity index is 1100. The van der Waals surface area contributed by atoms with Crippen LogP contribution >= 0.6 is 0 Å². The van der Waals surface area contributed by atoms with Crippen molar-refractivity contribution in [3.05, 3.63) is 120 Å². The molecule has 0 saturated carbocycles. The normalized spacial score (nSPS) is 11.1. The number of aromatic hydroxyl groups is 2. The fraction of sp³-hybridized carbons (Fsp3) is 0. The Labute approximate surface area is 181 Å². The van der Waals surface area contributed by atoms with Gasteiger partial charge in [-0.15, -0.1) is 0 Å². The zero-order valence-electron chi connectivity index (χ0n) is 16.6. The second kappa shape index (κ2) is 8.42. The minimum atomic E-state index is -3.71. The first kappa shape index (κ1) is 20.3. The molecule has 5 heteroatoms. The lowest BCUT2D eigenvalue weighted by atomic mass is 10.2. The van der Waals surface area contributed by atoms with Gasteiger partial charge in [0.2, 0.25) is 0 Å². The molecule has 0 unspecified atom stereocenters. The maximum atomic E-state index is 14.2. The number of carbonyl (C=O) groups excluding carboxylic acids is 2. The first-order chi connectivity index (χ1) is 15.0. The van der Waals surface area contributed by atoms with Gasteiger partial charge in [0.25, 0.3) is 8.07 Å². The summed E-state index contributed by atoms with van der Waals surface area (Å²) in [7, 11) is -3.71. The average molecular weight is 425 g/mol. The Morgan fingerprint density at radius 1 is 0.484 bits per heavy atom. The van der Waals surface area contributed by atoms with Gasteiger partial charge in [0.05, 0.1) is 0 Å². The molecular formula is C26H20O4Si. The molecule has 0 atom stereocenters. The third-order valence-electron chi connectivity index (χ3n) is 5.35. The first-order valence-electron chi connectivity index (χ1n) is 9.82. The monoisotopic (exact) mass is 424 g/mol. The summed E-state index contributed by atoms with van der Waals surface area (Å²) in [5.41, 5.74) is 0.730. The fourth-order valence-corrected chi connectivity index (χ4v) is 8.00. The minimum absolute atomic E-state index is 0.0492. The van der Waals surface area contributed by atoms with E-state index in [0.29, 0.717) is 21.5 Å². The van der Waals surface area contributed by atoms with Crippen LogP contribution in [0.15, 0.2) is 109 Å². The van der Waals surface area contributed by atoms with Crippen LogP contribution in [0.3, 0.4) is 0 Å². The van der Waals surface area contributed by atoms with E-state index in [0.717, 1.165) is 0 Å². The summed E-state index contributed by atoms with van der Waals surface area (Å²) in [6, 6.07) is 30.3. The smallest absolute Gasteiger partial charge is 0.279 e. The molecule has 4 nitrogen and oxygen atoms in total. The van der Waals surface area contributed by atoms with Gasteiger partial charge in [0.1, 0.15) is 11.5 Å². The molecule has 4 rings (SSSR count). The molecule has 0 saturated heterocycles. The fourth-order valence-electron chi connectivity index (χ4n) is 3.83. The molecule has 0 radical (unpaired) electrons. The summed E-state index contributed by atoms with van der Waals surface area (Å²) in [5.74, 6) is 0.0983. The van der Waals surface area contributed by atoms with Crippen LogP contribution in [0.4, 0.5) is 0 Å². The van der Waals surface area contributed by atoms with Gasteiger partial charge in [0, 0.05) is 11.1 Å². The maximum Gasteiger partial charge on any atom is 0.279 e. The molecule has 152 valence electrons. The molecule has 0 aliphatic rings. The van der Waals surface area contributed by atoms with E-state index in [1.165, 1.54) is 24.3 Å². The zero-order valence-corrected chi connectivity index (χ0v) is 17.6. The molecule has 0 heterocycles. The maximum absolute atomic E-state index is 14.2. The van der Waals surface area contributed by atoms with Gasteiger partial charge in [-0.3, -0.25) is 9.59 Å². The Balaban J connectivity index is 2.04. The minimum Gasteiger partial charge on any atom is -0.508 e. The second-order valence-corrected chi connectivity index (χ2v) is 10.8. The van der Waals surface area contributed by atoms with Gasteiger partial charge in [-0.2, -0.15) is 0 Å². The molecule has 0 aliphatic heterocycles. The van der Waals surface area contributed by atoms with Crippen molar-refractivity contribution >= 4 is 29.3 Å². The molecule has 31 heavy (non-hydrogen) atoms. The second-order valence-electron chi connectivity index (χ2n) is 7.23. The Kier molecular flexibility index (Phi) is 5.52. The molecule has 0 spiro atoms. The van der Waals surface area contributed by atoms with Crippen molar-refractivity contribution in [3.63, 3.8) is 0 Å². The molecule has 0 bridgehead atoms. The zero-order chi connectivity index (χ0) is 21.8. The quantitative estimate of drug-likeness (QED) is 0.465. The van der Waals surface area contributed by atoms with Gasteiger partial charge in [-0.25, -0.2) is 0 Å². The number of benzene rings is 4. The number of hydrogen-bond acceptors (Lipinski definition) is 4. The SMILES string of the molecule is O=C(c1ccc(O)cc1)[Si](C(=O)c1ccc(O)cc1)(c1ccccc1)c1ccccc1. The summed E-state index contributed by atoms with van der Waals surface area (Å²) >= 11 is 0. The van der Waals surface area contributed by atoms with E-state index >= 15 is 0 Å². The van der Waals surface area contributed by atoms with Gasteiger partial charge in [-0.05, 0) is 58.9 Å². The van der Waals surface area contributed by atoms with E-state index in [9.17, 15) is 19.8 Å². The van der Waals surface area contributed by atoms with E-state index < -0.39 is 8.07 Å². The van der Waals surface area contributed by atoms with Gasteiger partial charge < -0.3 is 10.2 Å². The van der Waals surface area contributed by atoms with Crippen LogP contribution < -0.4 is 10.4 Å². The van der Waals surface area contributed by atoms with Crippen LogP contribution in [-0.2, 0) is 0 Å². The van der Waals surface area contributed by atoms with E-state index in [-0.39, 0.29) is 22.3 Å². The Morgan fingerprint density at radius 2 is 0.806 bits per heavy atom. The number of phenols is 2. The Morgan fingerprint density at radius 3 is 1.13 bits per heavy atom. The summed E-state index contributed by atoms with van der Waals surface area (Å²) in [6.45, 7) is 0.